The predicted octanol–water partition coefficient (Wildman–Crippen LogP) is 2.02. The van der Waals surface area contributed by atoms with E-state index < -0.39 is 11.9 Å². The summed E-state index contributed by atoms with van der Waals surface area (Å²) in [6.07, 6.45) is 1.35. The maximum absolute atomic E-state index is 11.0. The Morgan fingerprint density at radius 3 is 2.40 bits per heavy atom. The minimum absolute atomic E-state index is 0. The molecular formula is C11H16ClNO2. The van der Waals surface area contributed by atoms with Gasteiger partial charge < -0.3 is 10.8 Å². The number of nitrogens with two attached hydrogens (primary N) is 1. The van der Waals surface area contributed by atoms with Crippen LogP contribution in [0, 0.1) is 0 Å². The zero-order valence-electron chi connectivity index (χ0n) is 8.43. The molecule has 0 spiro atoms. The molecule has 1 rings (SSSR count). The van der Waals surface area contributed by atoms with Crippen molar-refractivity contribution in [1.29, 1.82) is 0 Å². The van der Waals surface area contributed by atoms with E-state index in [1.807, 2.05) is 30.3 Å². The van der Waals surface area contributed by atoms with E-state index in [2.05, 4.69) is 0 Å². The van der Waals surface area contributed by atoms with E-state index in [0.717, 1.165) is 12.0 Å². The maximum atomic E-state index is 11.0. The zero-order chi connectivity index (χ0) is 10.4. The summed E-state index contributed by atoms with van der Waals surface area (Å²) in [4.78, 5) is 11.0. The van der Waals surface area contributed by atoms with E-state index in [4.69, 9.17) is 10.8 Å². The number of hydrogen-bond acceptors (Lipinski definition) is 2. The van der Waals surface area contributed by atoms with E-state index in [9.17, 15) is 4.79 Å². The van der Waals surface area contributed by atoms with Crippen LogP contribution in [0.15, 0.2) is 30.3 Å². The third-order valence-corrected chi connectivity index (χ3v) is 2.20. The van der Waals surface area contributed by atoms with Crippen molar-refractivity contribution in [1.82, 2.24) is 0 Å². The number of halogens is 1. The molecule has 1 aromatic carbocycles. The molecule has 1 atom stereocenters. The number of benzene rings is 1. The minimum atomic E-state index is -0.773. The summed E-state index contributed by atoms with van der Waals surface area (Å²) in [5.41, 5.74) is 6.22. The third kappa shape index (κ3) is 4.32. The van der Waals surface area contributed by atoms with Crippen molar-refractivity contribution in [2.75, 3.05) is 6.54 Å². The molecule has 0 fully saturated rings. The molecule has 0 aliphatic rings. The fourth-order valence-electron chi connectivity index (χ4n) is 1.44. The lowest BCUT2D eigenvalue weighted by molar-refractivity contribution is -0.139. The lowest BCUT2D eigenvalue weighted by Crippen LogP contribution is -2.13. The first-order chi connectivity index (χ1) is 6.75. The topological polar surface area (TPSA) is 63.3 Å². The first-order valence-electron chi connectivity index (χ1n) is 4.73. The van der Waals surface area contributed by atoms with Crippen molar-refractivity contribution in [3.63, 3.8) is 0 Å². The molecule has 0 aliphatic heterocycles. The summed E-state index contributed by atoms with van der Waals surface area (Å²) < 4.78 is 0. The van der Waals surface area contributed by atoms with Crippen LogP contribution in [0.5, 0.6) is 0 Å². The highest BCUT2D eigenvalue weighted by Crippen LogP contribution is 2.20. The van der Waals surface area contributed by atoms with Crippen LogP contribution in [0.3, 0.4) is 0 Å². The smallest absolute Gasteiger partial charge is 0.310 e. The van der Waals surface area contributed by atoms with Gasteiger partial charge in [-0.1, -0.05) is 30.3 Å². The van der Waals surface area contributed by atoms with E-state index in [0.29, 0.717) is 13.0 Å². The average molecular weight is 230 g/mol. The van der Waals surface area contributed by atoms with Crippen LogP contribution in [0.25, 0.3) is 0 Å². The van der Waals surface area contributed by atoms with Gasteiger partial charge in [0.1, 0.15) is 0 Å². The third-order valence-electron chi connectivity index (χ3n) is 2.20. The molecule has 0 radical (unpaired) electrons. The SMILES string of the molecule is Cl.NCCCC(C(=O)O)c1ccccc1. The average Bonchev–Trinajstić information content (AvgIpc) is 2.19. The van der Waals surface area contributed by atoms with E-state index in [-0.39, 0.29) is 12.4 Å². The highest BCUT2D eigenvalue weighted by Gasteiger charge is 2.18. The Kier molecular flexibility index (Phi) is 6.75. The summed E-state index contributed by atoms with van der Waals surface area (Å²) in [6.45, 7) is 0.538. The number of carboxylic acids is 1. The number of hydrogen-bond donors (Lipinski definition) is 2. The van der Waals surface area contributed by atoms with Crippen molar-refractivity contribution in [3.8, 4) is 0 Å². The van der Waals surface area contributed by atoms with Crippen molar-refractivity contribution in [3.05, 3.63) is 35.9 Å². The van der Waals surface area contributed by atoms with Crippen LogP contribution in [0.2, 0.25) is 0 Å². The van der Waals surface area contributed by atoms with E-state index in [1.54, 1.807) is 0 Å². The van der Waals surface area contributed by atoms with Crippen LogP contribution in [-0.2, 0) is 4.79 Å². The van der Waals surface area contributed by atoms with E-state index in [1.165, 1.54) is 0 Å². The maximum Gasteiger partial charge on any atom is 0.310 e. The van der Waals surface area contributed by atoms with Crippen LogP contribution < -0.4 is 5.73 Å². The number of carboxylic acid groups (broad SMARTS) is 1. The molecule has 84 valence electrons. The minimum Gasteiger partial charge on any atom is -0.481 e. The summed E-state index contributed by atoms with van der Waals surface area (Å²) in [5, 5.41) is 9.01. The van der Waals surface area contributed by atoms with Crippen molar-refractivity contribution < 1.29 is 9.90 Å². The molecule has 0 saturated carbocycles. The first-order valence-corrected chi connectivity index (χ1v) is 4.73. The molecule has 0 amide bonds. The lowest BCUT2D eigenvalue weighted by Gasteiger charge is -2.11. The molecule has 0 saturated heterocycles. The Morgan fingerprint density at radius 1 is 1.33 bits per heavy atom. The second-order valence-electron chi connectivity index (χ2n) is 3.23. The summed E-state index contributed by atoms with van der Waals surface area (Å²) in [7, 11) is 0. The summed E-state index contributed by atoms with van der Waals surface area (Å²) in [6, 6.07) is 9.28. The quantitative estimate of drug-likeness (QED) is 0.812. The molecule has 0 aromatic heterocycles. The number of rotatable bonds is 5. The molecule has 0 heterocycles. The fourth-order valence-corrected chi connectivity index (χ4v) is 1.44. The summed E-state index contributed by atoms with van der Waals surface area (Å²) >= 11 is 0. The molecule has 0 bridgehead atoms. The second-order valence-corrected chi connectivity index (χ2v) is 3.23. The van der Waals surface area contributed by atoms with Crippen LogP contribution in [0.4, 0.5) is 0 Å². The van der Waals surface area contributed by atoms with Crippen molar-refractivity contribution >= 4 is 18.4 Å². The van der Waals surface area contributed by atoms with E-state index >= 15 is 0 Å². The predicted molar refractivity (Wildman–Crippen MR) is 62.4 cm³/mol. The number of aliphatic carboxylic acids is 1. The standard InChI is InChI=1S/C11H15NO2.ClH/c12-8-4-7-10(11(13)14)9-5-2-1-3-6-9;/h1-3,5-6,10H,4,7-8,12H2,(H,13,14);1H. The Balaban J connectivity index is 0.00000196. The van der Waals surface area contributed by atoms with Gasteiger partial charge in [0.15, 0.2) is 0 Å². The van der Waals surface area contributed by atoms with Gasteiger partial charge >= 0.3 is 5.97 Å². The Labute approximate surface area is 95.7 Å². The Morgan fingerprint density at radius 2 is 1.93 bits per heavy atom. The molecule has 0 aliphatic carbocycles. The zero-order valence-corrected chi connectivity index (χ0v) is 9.24. The van der Waals surface area contributed by atoms with Gasteiger partial charge in [0, 0.05) is 0 Å². The van der Waals surface area contributed by atoms with Crippen molar-refractivity contribution in [2.45, 2.75) is 18.8 Å². The highest BCUT2D eigenvalue weighted by molar-refractivity contribution is 5.85. The Hall–Kier alpha value is -1.06. The molecule has 1 unspecified atom stereocenters. The van der Waals surface area contributed by atoms with Gasteiger partial charge in [0.05, 0.1) is 5.92 Å². The van der Waals surface area contributed by atoms with Gasteiger partial charge in [-0.05, 0) is 24.9 Å². The van der Waals surface area contributed by atoms with Crippen LogP contribution >= 0.6 is 12.4 Å². The van der Waals surface area contributed by atoms with Gasteiger partial charge in [-0.25, -0.2) is 0 Å². The van der Waals surface area contributed by atoms with Crippen molar-refractivity contribution in [2.24, 2.45) is 5.73 Å². The second kappa shape index (κ2) is 7.26. The number of carbonyl (C=O) groups is 1. The fraction of sp³-hybridized carbons (Fsp3) is 0.364. The van der Waals surface area contributed by atoms with Gasteiger partial charge in [0.2, 0.25) is 0 Å². The van der Waals surface area contributed by atoms with Crippen LogP contribution in [-0.4, -0.2) is 17.6 Å². The summed E-state index contributed by atoms with van der Waals surface area (Å²) in [5.74, 6) is -1.19. The van der Waals surface area contributed by atoms with Crippen LogP contribution in [0.1, 0.15) is 24.3 Å². The first kappa shape index (κ1) is 13.9. The Bertz CT molecular complexity index is 290. The van der Waals surface area contributed by atoms with Gasteiger partial charge in [-0.15, -0.1) is 12.4 Å². The molecule has 15 heavy (non-hydrogen) atoms. The lowest BCUT2D eigenvalue weighted by atomic mass is 9.94. The van der Waals surface area contributed by atoms with Gasteiger partial charge in [-0.3, -0.25) is 4.79 Å². The molecule has 4 heteroatoms. The van der Waals surface area contributed by atoms with Gasteiger partial charge in [-0.2, -0.15) is 0 Å². The van der Waals surface area contributed by atoms with Gasteiger partial charge in [0.25, 0.3) is 0 Å². The molecule has 3 nitrogen and oxygen atoms in total. The normalized spacial score (nSPS) is 11.5. The molecule has 1 aromatic rings. The molecular weight excluding hydrogens is 214 g/mol. The molecule has 3 N–H and O–H groups in total. The monoisotopic (exact) mass is 229 g/mol. The largest absolute Gasteiger partial charge is 0.481 e. The highest BCUT2D eigenvalue weighted by atomic mass is 35.5.